The highest BCUT2D eigenvalue weighted by Crippen LogP contribution is 2.17. The van der Waals surface area contributed by atoms with Crippen LogP contribution in [0.1, 0.15) is 24.2 Å². The van der Waals surface area contributed by atoms with E-state index in [2.05, 4.69) is 10.6 Å². The first-order chi connectivity index (χ1) is 13.8. The molecule has 0 fully saturated rings. The van der Waals surface area contributed by atoms with Crippen molar-refractivity contribution in [1.29, 1.82) is 0 Å². The Hall–Kier alpha value is -3.55. The fraction of sp³-hybridized carbons (Fsp3) is 0.286. The summed E-state index contributed by atoms with van der Waals surface area (Å²) in [6.07, 6.45) is 0. The van der Waals surface area contributed by atoms with Crippen LogP contribution in [0.4, 0.5) is 5.69 Å². The second-order valence-corrected chi connectivity index (χ2v) is 6.69. The number of methoxy groups -OCH3 is 1. The van der Waals surface area contributed by atoms with Gasteiger partial charge in [0, 0.05) is 11.3 Å². The minimum absolute atomic E-state index is 0.129. The van der Waals surface area contributed by atoms with Crippen LogP contribution in [0.2, 0.25) is 0 Å². The smallest absolute Gasteiger partial charge is 0.255 e. The lowest BCUT2D eigenvalue weighted by atomic mass is 10.0. The van der Waals surface area contributed by atoms with Gasteiger partial charge >= 0.3 is 0 Å². The number of amides is 3. The maximum absolute atomic E-state index is 12.7. The third-order valence-electron chi connectivity index (χ3n) is 4.09. The monoisotopic (exact) mass is 399 g/mol. The van der Waals surface area contributed by atoms with Crippen molar-refractivity contribution in [3.05, 3.63) is 54.1 Å². The zero-order valence-electron chi connectivity index (χ0n) is 16.6. The third-order valence-corrected chi connectivity index (χ3v) is 4.09. The molecule has 2 aromatic rings. The Kier molecular flexibility index (Phi) is 7.59. The number of primary amides is 1. The van der Waals surface area contributed by atoms with Crippen LogP contribution in [0.15, 0.2) is 48.5 Å². The number of carbonyl (C=O) groups is 3. The second-order valence-electron chi connectivity index (χ2n) is 6.69. The molecule has 1 atom stereocenters. The maximum Gasteiger partial charge on any atom is 0.255 e. The van der Waals surface area contributed by atoms with E-state index in [1.165, 1.54) is 0 Å². The Morgan fingerprint density at radius 3 is 2.07 bits per heavy atom. The fourth-order valence-corrected chi connectivity index (χ4v) is 2.51. The molecule has 0 aliphatic heterocycles. The van der Waals surface area contributed by atoms with E-state index >= 15 is 0 Å². The zero-order valence-corrected chi connectivity index (χ0v) is 16.6. The Balaban J connectivity index is 2.01. The third kappa shape index (κ3) is 6.53. The van der Waals surface area contributed by atoms with E-state index in [9.17, 15) is 14.4 Å². The summed E-state index contributed by atoms with van der Waals surface area (Å²) in [7, 11) is 1.55. The van der Waals surface area contributed by atoms with Gasteiger partial charge in [-0.3, -0.25) is 14.4 Å². The SMILES string of the molecule is COc1ccc(C(=O)NC(C(=O)Nc2ccc(OCC(N)=O)cc2)C(C)C)cc1. The summed E-state index contributed by atoms with van der Waals surface area (Å²) in [5.74, 6) is -0.299. The van der Waals surface area contributed by atoms with Gasteiger partial charge in [0.05, 0.1) is 7.11 Å². The molecule has 8 nitrogen and oxygen atoms in total. The lowest BCUT2D eigenvalue weighted by Gasteiger charge is -2.22. The molecule has 2 rings (SSSR count). The van der Waals surface area contributed by atoms with E-state index in [4.69, 9.17) is 15.2 Å². The Morgan fingerprint density at radius 2 is 1.55 bits per heavy atom. The molecule has 0 saturated heterocycles. The van der Waals surface area contributed by atoms with Gasteiger partial charge in [0.25, 0.3) is 11.8 Å². The van der Waals surface area contributed by atoms with Gasteiger partial charge in [-0.05, 0) is 54.4 Å². The predicted octanol–water partition coefficient (Wildman–Crippen LogP) is 1.95. The lowest BCUT2D eigenvalue weighted by molar-refractivity contribution is -0.120. The maximum atomic E-state index is 12.7. The number of hydrogen-bond acceptors (Lipinski definition) is 5. The van der Waals surface area contributed by atoms with E-state index < -0.39 is 11.9 Å². The van der Waals surface area contributed by atoms with Crippen molar-refractivity contribution in [2.24, 2.45) is 11.7 Å². The average molecular weight is 399 g/mol. The summed E-state index contributed by atoms with van der Waals surface area (Å²) in [6.45, 7) is 3.47. The van der Waals surface area contributed by atoms with Gasteiger partial charge in [0.2, 0.25) is 5.91 Å². The van der Waals surface area contributed by atoms with E-state index in [1.54, 1.807) is 55.6 Å². The van der Waals surface area contributed by atoms with Crippen LogP contribution >= 0.6 is 0 Å². The van der Waals surface area contributed by atoms with E-state index in [0.29, 0.717) is 22.7 Å². The number of anilines is 1. The molecule has 0 heterocycles. The van der Waals surface area contributed by atoms with Gasteiger partial charge in [-0.15, -0.1) is 0 Å². The highest BCUT2D eigenvalue weighted by atomic mass is 16.5. The number of nitrogens with two attached hydrogens (primary N) is 1. The molecule has 2 aromatic carbocycles. The first kappa shape index (κ1) is 21.7. The molecule has 0 saturated carbocycles. The van der Waals surface area contributed by atoms with Crippen molar-refractivity contribution in [2.45, 2.75) is 19.9 Å². The molecule has 4 N–H and O–H groups in total. The summed E-state index contributed by atoms with van der Waals surface area (Å²) in [5.41, 5.74) is 6.00. The predicted molar refractivity (Wildman–Crippen MR) is 109 cm³/mol. The molecular formula is C21H25N3O5. The number of benzene rings is 2. The van der Waals surface area contributed by atoms with E-state index in [-0.39, 0.29) is 24.3 Å². The summed E-state index contributed by atoms with van der Waals surface area (Å²) in [5, 5.41) is 5.54. The van der Waals surface area contributed by atoms with Crippen LogP contribution in [0.5, 0.6) is 11.5 Å². The summed E-state index contributed by atoms with van der Waals surface area (Å²) >= 11 is 0. The van der Waals surface area contributed by atoms with Crippen LogP contribution in [0, 0.1) is 5.92 Å². The molecule has 0 aliphatic carbocycles. The van der Waals surface area contributed by atoms with Crippen LogP contribution in [-0.4, -0.2) is 37.5 Å². The number of ether oxygens (including phenoxy) is 2. The molecule has 8 heteroatoms. The van der Waals surface area contributed by atoms with Crippen molar-refractivity contribution in [1.82, 2.24) is 5.32 Å². The summed E-state index contributed by atoms with van der Waals surface area (Å²) in [6, 6.07) is 12.4. The lowest BCUT2D eigenvalue weighted by Crippen LogP contribution is -2.47. The van der Waals surface area contributed by atoms with Gasteiger partial charge in [-0.2, -0.15) is 0 Å². The first-order valence-corrected chi connectivity index (χ1v) is 9.07. The minimum Gasteiger partial charge on any atom is -0.497 e. The van der Waals surface area contributed by atoms with Gasteiger partial charge in [-0.1, -0.05) is 13.8 Å². The van der Waals surface area contributed by atoms with Crippen molar-refractivity contribution in [2.75, 3.05) is 19.0 Å². The Morgan fingerprint density at radius 1 is 0.966 bits per heavy atom. The van der Waals surface area contributed by atoms with Crippen LogP contribution in [-0.2, 0) is 9.59 Å². The average Bonchev–Trinajstić information content (AvgIpc) is 2.71. The number of carbonyl (C=O) groups excluding carboxylic acids is 3. The first-order valence-electron chi connectivity index (χ1n) is 9.07. The largest absolute Gasteiger partial charge is 0.497 e. The molecule has 29 heavy (non-hydrogen) atoms. The van der Waals surface area contributed by atoms with Crippen molar-refractivity contribution >= 4 is 23.4 Å². The number of nitrogens with one attached hydrogen (secondary N) is 2. The number of hydrogen-bond donors (Lipinski definition) is 3. The van der Waals surface area contributed by atoms with Crippen molar-refractivity contribution in [3.8, 4) is 11.5 Å². The normalized spacial score (nSPS) is 11.4. The second kappa shape index (κ2) is 10.1. The molecule has 0 radical (unpaired) electrons. The molecule has 0 aromatic heterocycles. The topological polar surface area (TPSA) is 120 Å². The van der Waals surface area contributed by atoms with Gasteiger partial charge in [-0.25, -0.2) is 0 Å². The highest BCUT2D eigenvalue weighted by molar-refractivity contribution is 6.01. The van der Waals surface area contributed by atoms with Gasteiger partial charge in [0.15, 0.2) is 6.61 Å². The standard InChI is InChI=1S/C21H25N3O5/c1-13(2)19(24-20(26)14-4-8-16(28-3)9-5-14)21(27)23-15-6-10-17(11-7-15)29-12-18(22)25/h4-11,13,19H,12H2,1-3H3,(H2,22,25)(H,23,27)(H,24,26). The fourth-order valence-electron chi connectivity index (χ4n) is 2.51. The van der Waals surface area contributed by atoms with Crippen molar-refractivity contribution < 1.29 is 23.9 Å². The highest BCUT2D eigenvalue weighted by Gasteiger charge is 2.24. The molecule has 1 unspecified atom stereocenters. The van der Waals surface area contributed by atoms with Crippen molar-refractivity contribution in [3.63, 3.8) is 0 Å². The molecule has 3 amide bonds. The molecule has 154 valence electrons. The van der Waals surface area contributed by atoms with Crippen LogP contribution in [0.3, 0.4) is 0 Å². The zero-order chi connectivity index (χ0) is 21.4. The van der Waals surface area contributed by atoms with E-state index in [0.717, 1.165) is 0 Å². The Labute approximate surface area is 169 Å². The number of rotatable bonds is 9. The van der Waals surface area contributed by atoms with Gasteiger partial charge < -0.3 is 25.8 Å². The van der Waals surface area contributed by atoms with Gasteiger partial charge in [0.1, 0.15) is 17.5 Å². The minimum atomic E-state index is -0.726. The Bertz CT molecular complexity index is 848. The molecular weight excluding hydrogens is 374 g/mol. The summed E-state index contributed by atoms with van der Waals surface area (Å²) < 4.78 is 10.3. The molecule has 0 spiro atoms. The molecule has 0 aliphatic rings. The molecule has 0 bridgehead atoms. The van der Waals surface area contributed by atoms with Crippen LogP contribution in [0.25, 0.3) is 0 Å². The van der Waals surface area contributed by atoms with E-state index in [1.807, 2.05) is 13.8 Å². The quantitative estimate of drug-likeness (QED) is 0.595. The summed E-state index contributed by atoms with van der Waals surface area (Å²) in [4.78, 5) is 35.9. The van der Waals surface area contributed by atoms with Crippen LogP contribution < -0.4 is 25.8 Å².